The van der Waals surface area contributed by atoms with Gasteiger partial charge in [0.05, 0.1) is 0 Å². The van der Waals surface area contributed by atoms with Crippen LogP contribution < -0.4 is 0 Å². The molecule has 0 spiro atoms. The molecule has 18 heavy (non-hydrogen) atoms. The highest BCUT2D eigenvalue weighted by atomic mass is 16.4. The fourth-order valence-electron chi connectivity index (χ4n) is 1.65. The maximum Gasteiger partial charge on any atom is 0.352 e. The Kier molecular flexibility index (Phi) is 2.77. The minimum atomic E-state index is -1.23. The average Bonchev–Trinajstić information content (AvgIpc) is 2.74. The molecule has 0 aliphatic heterocycles. The monoisotopic (exact) mass is 247 g/mol. The molecule has 1 aromatic heterocycles. The van der Waals surface area contributed by atoms with Gasteiger partial charge in [-0.2, -0.15) is 0 Å². The minimum Gasteiger partial charge on any atom is -0.508 e. The van der Waals surface area contributed by atoms with Crippen LogP contribution in [0.1, 0.15) is 21.0 Å². The van der Waals surface area contributed by atoms with Crippen LogP contribution >= 0.6 is 0 Å². The predicted molar refractivity (Wildman–Crippen MR) is 61.4 cm³/mol. The van der Waals surface area contributed by atoms with E-state index in [9.17, 15) is 9.59 Å². The lowest BCUT2D eigenvalue weighted by Crippen LogP contribution is -2.12. The molecule has 2 aromatic rings. The summed E-state index contributed by atoms with van der Waals surface area (Å²) in [7, 11) is 0. The summed E-state index contributed by atoms with van der Waals surface area (Å²) < 4.78 is 1.10. The number of hydrogen-bond acceptors (Lipinski definition) is 3. The molecule has 0 aliphatic carbocycles. The van der Waals surface area contributed by atoms with Gasteiger partial charge in [0, 0.05) is 5.69 Å². The molecule has 0 atom stereocenters. The van der Waals surface area contributed by atoms with Gasteiger partial charge in [-0.3, -0.25) is 4.57 Å². The van der Waals surface area contributed by atoms with Crippen LogP contribution in [0.3, 0.4) is 0 Å². The van der Waals surface area contributed by atoms with E-state index in [1.54, 1.807) is 0 Å². The van der Waals surface area contributed by atoms with Gasteiger partial charge in [0.25, 0.3) is 0 Å². The predicted octanol–water partition coefficient (Wildman–Crippen LogP) is 1.58. The number of phenolic OH excluding ortho intramolecular Hbond substituents is 1. The molecule has 0 radical (unpaired) electrons. The topological polar surface area (TPSA) is 99.8 Å². The van der Waals surface area contributed by atoms with E-state index in [0.29, 0.717) is 5.69 Å². The summed E-state index contributed by atoms with van der Waals surface area (Å²) >= 11 is 0. The Hall–Kier alpha value is -2.76. The molecular weight excluding hydrogens is 238 g/mol. The van der Waals surface area contributed by atoms with Crippen LogP contribution in [0, 0.1) is 0 Å². The first-order valence-electron chi connectivity index (χ1n) is 4.98. The lowest BCUT2D eigenvalue weighted by Gasteiger charge is -2.09. The fourth-order valence-corrected chi connectivity index (χ4v) is 1.65. The van der Waals surface area contributed by atoms with Crippen molar-refractivity contribution in [2.24, 2.45) is 0 Å². The third-order valence-corrected chi connectivity index (χ3v) is 2.43. The average molecular weight is 247 g/mol. The van der Waals surface area contributed by atoms with Crippen LogP contribution in [0.25, 0.3) is 5.69 Å². The van der Waals surface area contributed by atoms with Gasteiger partial charge in [-0.15, -0.1) is 0 Å². The largest absolute Gasteiger partial charge is 0.508 e. The van der Waals surface area contributed by atoms with Crippen molar-refractivity contribution in [3.63, 3.8) is 0 Å². The molecule has 0 saturated carbocycles. The summed E-state index contributed by atoms with van der Waals surface area (Å²) in [4.78, 5) is 22.1. The molecular formula is C12H9NO5. The van der Waals surface area contributed by atoms with Crippen molar-refractivity contribution in [1.82, 2.24) is 4.57 Å². The van der Waals surface area contributed by atoms with Crippen LogP contribution in [-0.2, 0) is 0 Å². The summed E-state index contributed by atoms with van der Waals surface area (Å²) in [5, 5.41) is 27.2. The third kappa shape index (κ3) is 1.91. The molecule has 3 N–H and O–H groups in total. The zero-order valence-corrected chi connectivity index (χ0v) is 9.07. The number of hydrogen-bond donors (Lipinski definition) is 3. The molecule has 6 nitrogen and oxygen atoms in total. The molecule has 0 bridgehead atoms. The standard InChI is InChI=1S/C12H9NO5/c14-8-3-1-7(2-4-8)13-9(11(15)16)5-6-10(13)12(17)18/h1-6,14H,(H,15,16)(H,17,18). The van der Waals surface area contributed by atoms with E-state index in [1.165, 1.54) is 36.4 Å². The van der Waals surface area contributed by atoms with E-state index in [-0.39, 0.29) is 17.1 Å². The Balaban J connectivity index is 2.66. The minimum absolute atomic E-state index is 0.0136. The van der Waals surface area contributed by atoms with Gasteiger partial charge in [-0.1, -0.05) is 0 Å². The number of benzene rings is 1. The number of nitrogens with zero attached hydrogens (tertiary/aromatic N) is 1. The van der Waals surface area contributed by atoms with Crippen molar-refractivity contribution < 1.29 is 24.9 Å². The number of rotatable bonds is 3. The maximum absolute atomic E-state index is 11.0. The number of aromatic carboxylic acids is 2. The first-order valence-corrected chi connectivity index (χ1v) is 4.98. The molecule has 0 aliphatic rings. The van der Waals surface area contributed by atoms with E-state index < -0.39 is 11.9 Å². The van der Waals surface area contributed by atoms with Gasteiger partial charge in [0.1, 0.15) is 17.1 Å². The summed E-state index contributed by atoms with van der Waals surface area (Å²) in [6.45, 7) is 0. The first kappa shape index (κ1) is 11.7. The van der Waals surface area contributed by atoms with Gasteiger partial charge < -0.3 is 15.3 Å². The Morgan fingerprint density at radius 1 is 0.833 bits per heavy atom. The normalized spacial score (nSPS) is 10.2. The number of carbonyl (C=O) groups is 2. The molecule has 0 unspecified atom stereocenters. The maximum atomic E-state index is 11.0. The van der Waals surface area contributed by atoms with Crippen molar-refractivity contribution in [3.05, 3.63) is 47.8 Å². The molecule has 92 valence electrons. The van der Waals surface area contributed by atoms with Gasteiger partial charge in [-0.25, -0.2) is 9.59 Å². The van der Waals surface area contributed by atoms with Crippen molar-refractivity contribution in [1.29, 1.82) is 0 Å². The molecule has 0 saturated heterocycles. The van der Waals surface area contributed by atoms with Crippen LogP contribution in [0.4, 0.5) is 0 Å². The highest BCUT2D eigenvalue weighted by Crippen LogP contribution is 2.20. The number of phenols is 1. The number of aromatic nitrogens is 1. The van der Waals surface area contributed by atoms with Gasteiger partial charge in [-0.05, 0) is 36.4 Å². The zero-order chi connectivity index (χ0) is 13.3. The highest BCUT2D eigenvalue weighted by molar-refractivity contribution is 5.93. The van der Waals surface area contributed by atoms with Crippen LogP contribution in [0.15, 0.2) is 36.4 Å². The summed E-state index contributed by atoms with van der Waals surface area (Å²) in [5.74, 6) is -2.44. The van der Waals surface area contributed by atoms with Crippen molar-refractivity contribution in [3.8, 4) is 11.4 Å². The van der Waals surface area contributed by atoms with Crippen LogP contribution in [-0.4, -0.2) is 31.8 Å². The highest BCUT2D eigenvalue weighted by Gasteiger charge is 2.19. The summed E-state index contributed by atoms with van der Waals surface area (Å²) in [5.41, 5.74) is 0.0452. The summed E-state index contributed by atoms with van der Waals surface area (Å²) in [6, 6.07) is 8.03. The van der Waals surface area contributed by atoms with Gasteiger partial charge in [0.15, 0.2) is 0 Å². The smallest absolute Gasteiger partial charge is 0.352 e. The van der Waals surface area contributed by atoms with Gasteiger partial charge in [0.2, 0.25) is 0 Å². The molecule has 1 aromatic carbocycles. The van der Waals surface area contributed by atoms with E-state index in [0.717, 1.165) is 4.57 Å². The Bertz CT molecular complexity index is 580. The number of aromatic hydroxyl groups is 1. The molecule has 0 fully saturated rings. The molecule has 0 amide bonds. The van der Waals surface area contributed by atoms with E-state index >= 15 is 0 Å². The van der Waals surface area contributed by atoms with Crippen molar-refractivity contribution in [2.75, 3.05) is 0 Å². The number of carboxylic acid groups (broad SMARTS) is 2. The lowest BCUT2D eigenvalue weighted by molar-refractivity contribution is 0.0683. The summed E-state index contributed by atoms with van der Waals surface area (Å²) in [6.07, 6.45) is 0. The Labute approximate surface area is 101 Å². The second kappa shape index (κ2) is 4.25. The van der Waals surface area contributed by atoms with Crippen LogP contribution in [0.2, 0.25) is 0 Å². The van der Waals surface area contributed by atoms with Crippen LogP contribution in [0.5, 0.6) is 5.75 Å². The Morgan fingerprint density at radius 3 is 1.67 bits per heavy atom. The zero-order valence-electron chi connectivity index (χ0n) is 9.07. The van der Waals surface area contributed by atoms with E-state index in [4.69, 9.17) is 15.3 Å². The Morgan fingerprint density at radius 2 is 1.28 bits per heavy atom. The first-order chi connectivity index (χ1) is 8.50. The van der Waals surface area contributed by atoms with E-state index in [2.05, 4.69) is 0 Å². The van der Waals surface area contributed by atoms with Crippen molar-refractivity contribution in [2.45, 2.75) is 0 Å². The third-order valence-electron chi connectivity index (χ3n) is 2.43. The number of carboxylic acids is 2. The van der Waals surface area contributed by atoms with Gasteiger partial charge >= 0.3 is 11.9 Å². The second-order valence-corrected chi connectivity index (χ2v) is 3.57. The molecule has 6 heteroatoms. The SMILES string of the molecule is O=C(O)c1ccc(C(=O)O)n1-c1ccc(O)cc1. The molecule has 2 rings (SSSR count). The quantitative estimate of drug-likeness (QED) is 0.764. The second-order valence-electron chi connectivity index (χ2n) is 3.57. The molecule has 1 heterocycles. The lowest BCUT2D eigenvalue weighted by atomic mass is 10.3. The van der Waals surface area contributed by atoms with E-state index in [1.807, 2.05) is 0 Å². The van der Waals surface area contributed by atoms with Crippen molar-refractivity contribution >= 4 is 11.9 Å². The fraction of sp³-hybridized carbons (Fsp3) is 0.